The molecule has 0 aliphatic heterocycles. The van der Waals surface area contributed by atoms with Crippen LogP contribution in [0.3, 0.4) is 0 Å². The zero-order valence-corrected chi connectivity index (χ0v) is 13.8. The Labute approximate surface area is 138 Å². The monoisotopic (exact) mass is 360 g/mol. The smallest absolute Gasteiger partial charge is 0.250 e. The molecule has 0 radical (unpaired) electrons. The molecular formula is C14H14Cl2N2O3S. The fourth-order valence-electron chi connectivity index (χ4n) is 1.83. The van der Waals surface area contributed by atoms with Crippen LogP contribution in [-0.4, -0.2) is 19.5 Å². The van der Waals surface area contributed by atoms with E-state index in [-0.39, 0.29) is 17.0 Å². The molecule has 5 nitrogen and oxygen atoms in total. The maximum atomic E-state index is 12.0. The number of pyridine rings is 1. The molecule has 8 heteroatoms. The van der Waals surface area contributed by atoms with Gasteiger partial charge in [-0.15, -0.1) is 0 Å². The van der Waals surface area contributed by atoms with Crippen molar-refractivity contribution in [3.05, 3.63) is 63.0 Å². The van der Waals surface area contributed by atoms with E-state index in [2.05, 4.69) is 4.72 Å². The molecule has 0 unspecified atom stereocenters. The fourth-order valence-corrected chi connectivity index (χ4v) is 3.21. The summed E-state index contributed by atoms with van der Waals surface area (Å²) in [4.78, 5) is 11.7. The molecule has 1 aromatic carbocycles. The van der Waals surface area contributed by atoms with E-state index in [0.717, 1.165) is 0 Å². The van der Waals surface area contributed by atoms with E-state index in [1.165, 1.54) is 47.2 Å². The van der Waals surface area contributed by atoms with Crippen molar-refractivity contribution in [3.8, 4) is 0 Å². The number of hydrogen-bond acceptors (Lipinski definition) is 3. The quantitative estimate of drug-likeness (QED) is 0.804. The molecule has 0 amide bonds. The lowest BCUT2D eigenvalue weighted by atomic mass is 10.4. The van der Waals surface area contributed by atoms with Gasteiger partial charge in [-0.05, 0) is 36.8 Å². The van der Waals surface area contributed by atoms with Crippen LogP contribution in [0.4, 0.5) is 0 Å². The van der Waals surface area contributed by atoms with Gasteiger partial charge >= 0.3 is 0 Å². The summed E-state index contributed by atoms with van der Waals surface area (Å²) in [5.41, 5.74) is -0.176. The van der Waals surface area contributed by atoms with E-state index in [9.17, 15) is 13.2 Å². The Kier molecular flexibility index (Phi) is 5.63. The normalized spacial score (nSPS) is 11.5. The molecule has 0 aliphatic rings. The van der Waals surface area contributed by atoms with Gasteiger partial charge in [-0.2, -0.15) is 0 Å². The number of benzene rings is 1. The molecule has 118 valence electrons. The minimum Gasteiger partial charge on any atom is -0.314 e. The molecule has 0 fully saturated rings. The van der Waals surface area contributed by atoms with Crippen molar-refractivity contribution in [2.45, 2.75) is 17.9 Å². The summed E-state index contributed by atoms with van der Waals surface area (Å²) in [7, 11) is -3.57. The Morgan fingerprint density at radius 1 is 1.00 bits per heavy atom. The predicted molar refractivity (Wildman–Crippen MR) is 87.0 cm³/mol. The first-order valence-electron chi connectivity index (χ1n) is 6.50. The third kappa shape index (κ3) is 4.58. The third-order valence-corrected chi connectivity index (χ3v) is 4.89. The lowest BCUT2D eigenvalue weighted by molar-refractivity contribution is 0.567. The van der Waals surface area contributed by atoms with Gasteiger partial charge in [0.15, 0.2) is 0 Å². The minimum absolute atomic E-state index is 0.150. The number of hydrogen-bond donors (Lipinski definition) is 1. The lowest BCUT2D eigenvalue weighted by Gasteiger charge is -2.08. The molecule has 0 bridgehead atoms. The summed E-state index contributed by atoms with van der Waals surface area (Å²) in [5.74, 6) is 0. The topological polar surface area (TPSA) is 68.2 Å². The average molecular weight is 361 g/mol. The van der Waals surface area contributed by atoms with Crippen LogP contribution >= 0.6 is 23.2 Å². The van der Waals surface area contributed by atoms with Gasteiger partial charge in [0.1, 0.15) is 0 Å². The van der Waals surface area contributed by atoms with E-state index in [0.29, 0.717) is 23.0 Å². The molecule has 1 N–H and O–H groups in total. The van der Waals surface area contributed by atoms with Gasteiger partial charge in [-0.25, -0.2) is 13.1 Å². The van der Waals surface area contributed by atoms with Crippen molar-refractivity contribution in [2.24, 2.45) is 0 Å². The van der Waals surface area contributed by atoms with E-state index in [4.69, 9.17) is 23.2 Å². The van der Waals surface area contributed by atoms with Gasteiger partial charge in [-0.3, -0.25) is 4.79 Å². The van der Waals surface area contributed by atoms with Crippen molar-refractivity contribution >= 4 is 33.2 Å². The Morgan fingerprint density at radius 3 is 2.32 bits per heavy atom. The highest BCUT2D eigenvalue weighted by molar-refractivity contribution is 7.89. The second kappa shape index (κ2) is 7.28. The summed E-state index contributed by atoms with van der Waals surface area (Å²) in [6.07, 6.45) is 1.99. The highest BCUT2D eigenvalue weighted by atomic mass is 35.5. The number of nitrogens with one attached hydrogen (secondary N) is 1. The van der Waals surface area contributed by atoms with Crippen molar-refractivity contribution in [3.63, 3.8) is 0 Å². The first-order chi connectivity index (χ1) is 10.4. The summed E-state index contributed by atoms with van der Waals surface area (Å²) >= 11 is 11.5. The number of nitrogens with zero attached hydrogens (tertiary/aromatic N) is 1. The van der Waals surface area contributed by atoms with Crippen LogP contribution in [0, 0.1) is 0 Å². The van der Waals surface area contributed by atoms with Crippen LogP contribution in [0.25, 0.3) is 0 Å². The summed E-state index contributed by atoms with van der Waals surface area (Å²) in [6, 6.07) is 8.80. The Hall–Kier alpha value is -1.34. The van der Waals surface area contributed by atoms with Crippen LogP contribution < -0.4 is 10.3 Å². The van der Waals surface area contributed by atoms with Gasteiger partial charge in [0.2, 0.25) is 10.0 Å². The maximum absolute atomic E-state index is 12.0. The first kappa shape index (κ1) is 17.0. The number of halogens is 2. The number of aromatic nitrogens is 1. The van der Waals surface area contributed by atoms with Crippen molar-refractivity contribution < 1.29 is 8.42 Å². The van der Waals surface area contributed by atoms with Gasteiger partial charge in [-0.1, -0.05) is 23.2 Å². The maximum Gasteiger partial charge on any atom is 0.250 e. The van der Waals surface area contributed by atoms with Crippen LogP contribution in [0.15, 0.2) is 52.3 Å². The van der Waals surface area contributed by atoms with Gasteiger partial charge in [0, 0.05) is 30.4 Å². The lowest BCUT2D eigenvalue weighted by Crippen LogP contribution is -2.27. The number of aryl methyl sites for hydroxylation is 1. The SMILES string of the molecule is O=c1ccc(Cl)cn1CCCNS(=O)(=O)c1ccc(Cl)cc1. The Morgan fingerprint density at radius 2 is 1.64 bits per heavy atom. The second-order valence-electron chi connectivity index (χ2n) is 4.58. The number of rotatable bonds is 6. The Bertz CT molecular complexity index is 802. The minimum atomic E-state index is -3.57. The summed E-state index contributed by atoms with van der Waals surface area (Å²) in [6.45, 7) is 0.590. The van der Waals surface area contributed by atoms with Gasteiger partial charge < -0.3 is 4.57 Å². The number of sulfonamides is 1. The molecule has 0 atom stereocenters. The average Bonchev–Trinajstić information content (AvgIpc) is 2.47. The van der Waals surface area contributed by atoms with E-state index in [1.807, 2.05) is 0 Å². The molecular weight excluding hydrogens is 347 g/mol. The van der Waals surface area contributed by atoms with Crippen LogP contribution in [0.5, 0.6) is 0 Å². The Balaban J connectivity index is 1.92. The third-order valence-electron chi connectivity index (χ3n) is 2.94. The van der Waals surface area contributed by atoms with Crippen molar-refractivity contribution in [1.82, 2.24) is 9.29 Å². The van der Waals surface area contributed by atoms with E-state index >= 15 is 0 Å². The van der Waals surface area contributed by atoms with E-state index < -0.39 is 10.0 Å². The zero-order valence-electron chi connectivity index (χ0n) is 11.5. The molecule has 1 heterocycles. The fraction of sp³-hybridized carbons (Fsp3) is 0.214. The second-order valence-corrected chi connectivity index (χ2v) is 7.22. The molecule has 0 spiro atoms. The molecule has 0 saturated carbocycles. The standard InChI is InChI=1S/C14H14Cl2N2O3S/c15-11-2-5-13(6-3-11)22(20,21)17-8-1-9-18-10-12(16)4-7-14(18)19/h2-7,10,17H,1,8-9H2. The molecule has 22 heavy (non-hydrogen) atoms. The highest BCUT2D eigenvalue weighted by Crippen LogP contribution is 2.13. The van der Waals surface area contributed by atoms with Crippen molar-refractivity contribution in [1.29, 1.82) is 0 Å². The van der Waals surface area contributed by atoms with Crippen LogP contribution in [0.1, 0.15) is 6.42 Å². The molecule has 2 rings (SSSR count). The predicted octanol–water partition coefficient (Wildman–Crippen LogP) is 2.52. The van der Waals surface area contributed by atoms with E-state index in [1.54, 1.807) is 0 Å². The summed E-state index contributed by atoms with van der Waals surface area (Å²) < 4.78 is 28.0. The largest absolute Gasteiger partial charge is 0.314 e. The molecule has 2 aromatic rings. The molecule has 1 aromatic heterocycles. The molecule has 0 saturated heterocycles. The zero-order chi connectivity index (χ0) is 16.2. The summed E-state index contributed by atoms with van der Waals surface area (Å²) in [5, 5.41) is 0.931. The van der Waals surface area contributed by atoms with Crippen LogP contribution in [0.2, 0.25) is 10.0 Å². The van der Waals surface area contributed by atoms with Crippen molar-refractivity contribution in [2.75, 3.05) is 6.54 Å². The van der Waals surface area contributed by atoms with Crippen LogP contribution in [-0.2, 0) is 16.6 Å². The highest BCUT2D eigenvalue weighted by Gasteiger charge is 2.12. The van der Waals surface area contributed by atoms with Gasteiger partial charge in [0.25, 0.3) is 5.56 Å². The molecule has 0 aliphatic carbocycles. The van der Waals surface area contributed by atoms with Gasteiger partial charge in [0.05, 0.1) is 9.92 Å². The first-order valence-corrected chi connectivity index (χ1v) is 8.74.